The number of rotatable bonds is 4. The lowest BCUT2D eigenvalue weighted by molar-refractivity contribution is -0.156. The third kappa shape index (κ3) is 3.71. The van der Waals surface area contributed by atoms with Gasteiger partial charge in [-0.05, 0) is 44.7 Å². The first-order valence-electron chi connectivity index (χ1n) is 8.31. The summed E-state index contributed by atoms with van der Waals surface area (Å²) in [7, 11) is 0. The highest BCUT2D eigenvalue weighted by Gasteiger charge is 2.42. The van der Waals surface area contributed by atoms with E-state index in [0.29, 0.717) is 17.7 Å². The first kappa shape index (κ1) is 19.4. The van der Waals surface area contributed by atoms with Crippen LogP contribution in [0.2, 0.25) is 0 Å². The van der Waals surface area contributed by atoms with Crippen molar-refractivity contribution in [3.8, 4) is 10.6 Å². The summed E-state index contributed by atoms with van der Waals surface area (Å²) >= 11 is 0.915. The largest absolute Gasteiger partial charge is 0.452 e. The van der Waals surface area contributed by atoms with Crippen molar-refractivity contribution in [1.29, 1.82) is 0 Å². The molecule has 6 nitrogen and oxygen atoms in total. The van der Waals surface area contributed by atoms with Gasteiger partial charge in [0, 0.05) is 5.56 Å². The van der Waals surface area contributed by atoms with Crippen LogP contribution in [0, 0.1) is 6.92 Å². The lowest BCUT2D eigenvalue weighted by Gasteiger charge is -2.33. The number of nitrogens with zero attached hydrogens (tertiary/aromatic N) is 1. The lowest BCUT2D eigenvalue weighted by atomic mass is 9.84. The molecular formula is C17H17F3N2O4S. The maximum atomic E-state index is 12.8. The molecule has 0 spiro atoms. The molecule has 0 aromatic carbocycles. The molecule has 2 aromatic heterocycles. The molecule has 0 radical (unpaired) electrons. The molecule has 2 N–H and O–H groups in total. The Morgan fingerprint density at radius 3 is 2.48 bits per heavy atom. The number of ether oxygens (including phenoxy) is 1. The highest BCUT2D eigenvalue weighted by Crippen LogP contribution is 2.39. The number of thiophene rings is 1. The second-order valence-electron chi connectivity index (χ2n) is 6.46. The fourth-order valence-corrected chi connectivity index (χ4v) is 4.08. The minimum absolute atomic E-state index is 0.00801. The zero-order valence-corrected chi connectivity index (χ0v) is 15.2. The maximum Gasteiger partial charge on any atom is 0.452 e. The Morgan fingerprint density at radius 2 is 1.93 bits per heavy atom. The predicted molar refractivity (Wildman–Crippen MR) is 90.0 cm³/mol. The van der Waals surface area contributed by atoms with Gasteiger partial charge < -0.3 is 15.0 Å². The Bertz CT molecular complexity index is 866. The van der Waals surface area contributed by atoms with Crippen molar-refractivity contribution in [2.24, 2.45) is 5.73 Å². The van der Waals surface area contributed by atoms with Gasteiger partial charge in [-0.3, -0.25) is 4.79 Å². The second-order valence-corrected chi connectivity index (χ2v) is 7.54. The third-order valence-electron chi connectivity index (χ3n) is 4.62. The number of halogens is 3. The van der Waals surface area contributed by atoms with Crippen molar-refractivity contribution < 1.29 is 32.0 Å². The molecule has 0 unspecified atom stereocenters. The Balaban J connectivity index is 1.82. The molecular weight excluding hydrogens is 385 g/mol. The van der Waals surface area contributed by atoms with Gasteiger partial charge in [0.1, 0.15) is 10.6 Å². The van der Waals surface area contributed by atoms with Crippen LogP contribution in [0.15, 0.2) is 16.7 Å². The topological polar surface area (TPSA) is 95.4 Å². The molecule has 0 atom stereocenters. The molecule has 1 saturated carbocycles. The number of hydrogen-bond acceptors (Lipinski definition) is 6. The van der Waals surface area contributed by atoms with Crippen LogP contribution in [0.1, 0.15) is 53.1 Å². The molecule has 146 valence electrons. The lowest BCUT2D eigenvalue weighted by Crippen LogP contribution is -2.49. The van der Waals surface area contributed by atoms with Gasteiger partial charge in [0.05, 0.1) is 4.88 Å². The summed E-state index contributed by atoms with van der Waals surface area (Å²) in [5.41, 5.74) is 3.97. The van der Waals surface area contributed by atoms with Crippen molar-refractivity contribution in [2.75, 3.05) is 0 Å². The summed E-state index contributed by atoms with van der Waals surface area (Å²) in [6, 6.07) is 2.88. The predicted octanol–water partition coefficient (Wildman–Crippen LogP) is 4.08. The summed E-state index contributed by atoms with van der Waals surface area (Å²) in [6.45, 7) is 1.25. The number of aromatic nitrogens is 1. The average Bonchev–Trinajstić information content (AvgIpc) is 3.21. The Kier molecular flexibility index (Phi) is 5.02. The van der Waals surface area contributed by atoms with Crippen LogP contribution in [0.3, 0.4) is 0 Å². The third-order valence-corrected chi connectivity index (χ3v) is 5.69. The van der Waals surface area contributed by atoms with Crippen molar-refractivity contribution in [2.45, 2.75) is 50.8 Å². The number of carbonyl (C=O) groups excluding carboxylic acids is 2. The zero-order chi connectivity index (χ0) is 19.8. The number of primary amides is 1. The van der Waals surface area contributed by atoms with Crippen molar-refractivity contribution in [1.82, 2.24) is 5.16 Å². The van der Waals surface area contributed by atoms with E-state index in [0.717, 1.165) is 30.6 Å². The Labute approximate surface area is 156 Å². The maximum absolute atomic E-state index is 12.8. The van der Waals surface area contributed by atoms with Crippen molar-refractivity contribution >= 4 is 23.2 Å². The van der Waals surface area contributed by atoms with E-state index in [4.69, 9.17) is 10.5 Å². The second kappa shape index (κ2) is 6.99. The highest BCUT2D eigenvalue weighted by atomic mass is 32.1. The molecule has 1 amide bonds. The van der Waals surface area contributed by atoms with Crippen molar-refractivity contribution in [3.63, 3.8) is 0 Å². The fourth-order valence-electron chi connectivity index (χ4n) is 3.15. The van der Waals surface area contributed by atoms with E-state index in [2.05, 4.69) is 9.68 Å². The van der Waals surface area contributed by atoms with Gasteiger partial charge in [0.2, 0.25) is 5.76 Å². The summed E-state index contributed by atoms with van der Waals surface area (Å²) in [4.78, 5) is 24.8. The van der Waals surface area contributed by atoms with Crippen LogP contribution < -0.4 is 5.73 Å². The number of amides is 1. The van der Waals surface area contributed by atoms with E-state index >= 15 is 0 Å². The SMILES string of the molecule is Cc1c(-c2ccc(C(=O)OC3(C(N)=O)CCCCC3)s2)noc1C(F)(F)F. The van der Waals surface area contributed by atoms with Crippen LogP contribution in [0.4, 0.5) is 13.2 Å². The van der Waals surface area contributed by atoms with E-state index < -0.39 is 29.4 Å². The molecule has 27 heavy (non-hydrogen) atoms. The Hall–Kier alpha value is -2.36. The van der Waals surface area contributed by atoms with Gasteiger partial charge in [-0.1, -0.05) is 11.6 Å². The smallest absolute Gasteiger partial charge is 0.445 e. The molecule has 1 aliphatic rings. The molecule has 2 aromatic rings. The van der Waals surface area contributed by atoms with Crippen LogP contribution in [-0.4, -0.2) is 22.6 Å². The molecule has 10 heteroatoms. The van der Waals surface area contributed by atoms with Gasteiger partial charge >= 0.3 is 12.1 Å². The summed E-state index contributed by atoms with van der Waals surface area (Å²) in [5, 5.41) is 3.47. The van der Waals surface area contributed by atoms with Gasteiger partial charge in [-0.15, -0.1) is 11.3 Å². The highest BCUT2D eigenvalue weighted by molar-refractivity contribution is 7.17. The summed E-state index contributed by atoms with van der Waals surface area (Å²) in [5.74, 6) is -2.59. The average molecular weight is 402 g/mol. The summed E-state index contributed by atoms with van der Waals surface area (Å²) < 4.78 is 48.4. The Morgan fingerprint density at radius 1 is 1.26 bits per heavy atom. The standard InChI is InChI=1S/C17H17F3N2O4S/c1-9-12(22-26-13(9)17(18,19)20)10-5-6-11(27-10)14(23)25-16(15(21)24)7-3-2-4-8-16/h5-6H,2-4,7-8H2,1H3,(H2,21,24). The summed E-state index contributed by atoms with van der Waals surface area (Å²) in [6.07, 6.45) is -1.53. The van der Waals surface area contributed by atoms with Crippen LogP contribution in [-0.2, 0) is 15.7 Å². The van der Waals surface area contributed by atoms with Gasteiger partial charge in [0.25, 0.3) is 5.91 Å². The number of alkyl halides is 3. The monoisotopic (exact) mass is 402 g/mol. The molecule has 0 bridgehead atoms. The number of esters is 1. The van der Waals surface area contributed by atoms with E-state index in [1.807, 2.05) is 0 Å². The van der Waals surface area contributed by atoms with E-state index in [1.54, 1.807) is 0 Å². The van der Waals surface area contributed by atoms with Gasteiger partial charge in [0.15, 0.2) is 5.60 Å². The first-order chi connectivity index (χ1) is 12.6. The first-order valence-corrected chi connectivity index (χ1v) is 9.12. The number of nitrogens with two attached hydrogens (primary N) is 1. The number of hydrogen-bond donors (Lipinski definition) is 1. The van der Waals surface area contributed by atoms with Crippen LogP contribution in [0.25, 0.3) is 10.6 Å². The minimum Gasteiger partial charge on any atom is -0.445 e. The molecule has 0 aliphatic heterocycles. The van der Waals surface area contributed by atoms with E-state index in [-0.39, 0.29) is 16.1 Å². The molecule has 1 fully saturated rings. The van der Waals surface area contributed by atoms with Crippen LogP contribution in [0.5, 0.6) is 0 Å². The quantitative estimate of drug-likeness (QED) is 0.778. The fraction of sp³-hybridized carbons (Fsp3) is 0.471. The van der Waals surface area contributed by atoms with Crippen LogP contribution >= 0.6 is 11.3 Å². The molecule has 0 saturated heterocycles. The van der Waals surface area contributed by atoms with E-state index in [1.165, 1.54) is 19.1 Å². The zero-order valence-electron chi connectivity index (χ0n) is 14.4. The molecule has 2 heterocycles. The normalized spacial score (nSPS) is 16.9. The molecule has 1 aliphatic carbocycles. The van der Waals surface area contributed by atoms with Crippen molar-refractivity contribution in [3.05, 3.63) is 28.3 Å². The van der Waals surface area contributed by atoms with E-state index in [9.17, 15) is 22.8 Å². The van der Waals surface area contributed by atoms with Gasteiger partial charge in [-0.25, -0.2) is 4.79 Å². The van der Waals surface area contributed by atoms with Gasteiger partial charge in [-0.2, -0.15) is 13.2 Å². The molecule has 3 rings (SSSR count). The minimum atomic E-state index is -4.65. The number of carbonyl (C=O) groups is 2.